The second kappa shape index (κ2) is 9.78. The number of piperazine rings is 1. The quantitative estimate of drug-likeness (QED) is 0.644. The monoisotopic (exact) mass is 431 g/mol. The molecule has 1 aliphatic heterocycles. The highest BCUT2D eigenvalue weighted by Gasteiger charge is 2.16. The molecule has 1 aliphatic rings. The molecule has 1 fully saturated rings. The second-order valence-corrected chi connectivity index (χ2v) is 8.23. The summed E-state index contributed by atoms with van der Waals surface area (Å²) in [6.07, 6.45) is 0. The van der Waals surface area contributed by atoms with E-state index in [9.17, 15) is 4.79 Å². The molecule has 7 nitrogen and oxygen atoms in total. The van der Waals surface area contributed by atoms with Crippen molar-refractivity contribution >= 4 is 17.4 Å². The van der Waals surface area contributed by atoms with Gasteiger partial charge in [-0.2, -0.15) is 0 Å². The Morgan fingerprint density at radius 2 is 1.78 bits per heavy atom. The number of hydrogen-bond donors (Lipinski definition) is 1. The minimum Gasteiger partial charge on any atom is -0.484 e. The van der Waals surface area contributed by atoms with Crippen LogP contribution in [0.15, 0.2) is 54.6 Å². The molecule has 0 spiro atoms. The number of aromatic nitrogens is 2. The lowest BCUT2D eigenvalue weighted by molar-refractivity contribution is -0.118. The number of nitrogens with zero attached hydrogens (tertiary/aromatic N) is 4. The van der Waals surface area contributed by atoms with Gasteiger partial charge in [0.15, 0.2) is 12.4 Å². The van der Waals surface area contributed by atoms with Crippen molar-refractivity contribution in [2.24, 2.45) is 0 Å². The van der Waals surface area contributed by atoms with Gasteiger partial charge in [0.1, 0.15) is 5.75 Å². The molecule has 1 N–H and O–H groups in total. The lowest BCUT2D eigenvalue weighted by Gasteiger charge is -2.32. The summed E-state index contributed by atoms with van der Waals surface area (Å²) in [7, 11) is 2.13. The van der Waals surface area contributed by atoms with Crippen LogP contribution >= 0.6 is 0 Å². The summed E-state index contributed by atoms with van der Waals surface area (Å²) >= 11 is 0. The largest absolute Gasteiger partial charge is 0.484 e. The molecule has 1 amide bonds. The summed E-state index contributed by atoms with van der Waals surface area (Å²) in [4.78, 5) is 16.9. The van der Waals surface area contributed by atoms with Crippen LogP contribution in [0.3, 0.4) is 0 Å². The minimum atomic E-state index is -0.211. The summed E-state index contributed by atoms with van der Waals surface area (Å²) in [5.74, 6) is 1.37. The van der Waals surface area contributed by atoms with Crippen molar-refractivity contribution in [2.45, 2.75) is 13.8 Å². The van der Waals surface area contributed by atoms with Crippen LogP contribution in [0, 0.1) is 13.8 Å². The summed E-state index contributed by atoms with van der Waals surface area (Å²) in [5, 5.41) is 11.7. The van der Waals surface area contributed by atoms with E-state index in [0.717, 1.165) is 48.8 Å². The lowest BCUT2D eigenvalue weighted by atomic mass is 10.1. The van der Waals surface area contributed by atoms with Gasteiger partial charge in [-0.15, -0.1) is 10.2 Å². The smallest absolute Gasteiger partial charge is 0.262 e. The van der Waals surface area contributed by atoms with Crippen LogP contribution in [0.2, 0.25) is 0 Å². The number of anilines is 2. The lowest BCUT2D eigenvalue weighted by Crippen LogP contribution is -2.44. The predicted octanol–water partition coefficient (Wildman–Crippen LogP) is 3.53. The third-order valence-electron chi connectivity index (χ3n) is 5.77. The van der Waals surface area contributed by atoms with Gasteiger partial charge in [-0.1, -0.05) is 18.2 Å². The summed E-state index contributed by atoms with van der Waals surface area (Å²) in [6, 6.07) is 17.4. The van der Waals surface area contributed by atoms with Gasteiger partial charge in [-0.3, -0.25) is 4.79 Å². The van der Waals surface area contributed by atoms with E-state index in [1.54, 1.807) is 0 Å². The molecule has 0 atom stereocenters. The molecule has 0 aliphatic carbocycles. The van der Waals surface area contributed by atoms with Crippen LogP contribution in [-0.4, -0.2) is 60.8 Å². The van der Waals surface area contributed by atoms with Crippen LogP contribution in [0.5, 0.6) is 5.75 Å². The van der Waals surface area contributed by atoms with Crippen LogP contribution in [-0.2, 0) is 4.79 Å². The number of rotatable bonds is 6. The maximum absolute atomic E-state index is 12.4. The number of ether oxygens (including phenoxy) is 1. The topological polar surface area (TPSA) is 70.6 Å². The molecule has 32 heavy (non-hydrogen) atoms. The molecule has 1 aromatic heterocycles. The zero-order valence-electron chi connectivity index (χ0n) is 18.8. The zero-order valence-corrected chi connectivity index (χ0v) is 18.8. The fourth-order valence-corrected chi connectivity index (χ4v) is 3.59. The van der Waals surface area contributed by atoms with E-state index in [1.807, 2.05) is 68.4 Å². The number of nitrogens with one attached hydrogen (secondary N) is 1. The Balaban J connectivity index is 1.36. The van der Waals surface area contributed by atoms with Crippen molar-refractivity contribution in [2.75, 3.05) is 50.1 Å². The molecule has 0 radical (unpaired) electrons. The van der Waals surface area contributed by atoms with Gasteiger partial charge in [-0.25, -0.2) is 0 Å². The Morgan fingerprint density at radius 3 is 2.50 bits per heavy atom. The number of carbonyl (C=O) groups excluding carboxylic acids is 1. The number of aryl methyl sites for hydroxylation is 2. The molecule has 0 unspecified atom stereocenters. The van der Waals surface area contributed by atoms with Crippen LogP contribution < -0.4 is 15.0 Å². The molecule has 2 heterocycles. The van der Waals surface area contributed by atoms with Crippen LogP contribution in [0.25, 0.3) is 11.3 Å². The first kappa shape index (κ1) is 21.8. The second-order valence-electron chi connectivity index (χ2n) is 8.23. The molecular formula is C25H29N5O2. The zero-order chi connectivity index (χ0) is 22.5. The van der Waals surface area contributed by atoms with Crippen LogP contribution in [0.1, 0.15) is 11.1 Å². The van der Waals surface area contributed by atoms with E-state index in [1.165, 1.54) is 5.56 Å². The SMILES string of the molecule is Cc1ccc(OCC(=O)Nc2cccc(-c3ccc(N4CCN(C)CC4)nn3)c2)cc1C. The number of benzene rings is 2. The third kappa shape index (κ3) is 5.42. The molecule has 4 rings (SSSR count). The van der Waals surface area contributed by atoms with Gasteiger partial charge in [0.05, 0.1) is 5.69 Å². The summed E-state index contributed by atoms with van der Waals surface area (Å²) in [6.45, 7) is 7.98. The Kier molecular flexibility index (Phi) is 6.66. The minimum absolute atomic E-state index is 0.0494. The Bertz CT molecular complexity index is 1080. The highest BCUT2D eigenvalue weighted by molar-refractivity contribution is 5.92. The molecule has 166 valence electrons. The molecule has 7 heteroatoms. The molecule has 0 saturated carbocycles. The Morgan fingerprint density at radius 1 is 0.969 bits per heavy atom. The highest BCUT2D eigenvalue weighted by atomic mass is 16.5. The molecular weight excluding hydrogens is 402 g/mol. The third-order valence-corrected chi connectivity index (χ3v) is 5.77. The van der Waals surface area contributed by atoms with Gasteiger partial charge < -0.3 is 19.9 Å². The normalized spacial score (nSPS) is 14.3. The van der Waals surface area contributed by atoms with Crippen molar-refractivity contribution in [3.8, 4) is 17.0 Å². The number of likely N-dealkylation sites (N-methyl/N-ethyl adjacent to an activating group) is 1. The number of hydrogen-bond acceptors (Lipinski definition) is 6. The van der Waals surface area contributed by atoms with Gasteiger partial charge in [0.2, 0.25) is 0 Å². The predicted molar refractivity (Wildman–Crippen MR) is 127 cm³/mol. The fraction of sp³-hybridized carbons (Fsp3) is 0.320. The van der Waals surface area contributed by atoms with Gasteiger partial charge in [0, 0.05) is 37.4 Å². The summed E-state index contributed by atoms with van der Waals surface area (Å²) in [5.41, 5.74) is 4.69. The van der Waals surface area contributed by atoms with E-state index in [2.05, 4.69) is 32.4 Å². The Hall–Kier alpha value is -3.45. The Labute approximate surface area is 189 Å². The van der Waals surface area contributed by atoms with Gasteiger partial charge >= 0.3 is 0 Å². The van der Waals surface area contributed by atoms with E-state index in [0.29, 0.717) is 11.4 Å². The molecule has 3 aromatic rings. The van der Waals surface area contributed by atoms with E-state index >= 15 is 0 Å². The van der Waals surface area contributed by atoms with Gasteiger partial charge in [0.25, 0.3) is 5.91 Å². The van der Waals surface area contributed by atoms with E-state index < -0.39 is 0 Å². The van der Waals surface area contributed by atoms with Crippen molar-refractivity contribution in [1.82, 2.24) is 15.1 Å². The van der Waals surface area contributed by atoms with Gasteiger partial charge in [-0.05, 0) is 68.4 Å². The van der Waals surface area contributed by atoms with Crippen molar-refractivity contribution in [3.63, 3.8) is 0 Å². The maximum atomic E-state index is 12.4. The van der Waals surface area contributed by atoms with Crippen molar-refractivity contribution < 1.29 is 9.53 Å². The first-order valence-corrected chi connectivity index (χ1v) is 10.9. The maximum Gasteiger partial charge on any atom is 0.262 e. The van der Waals surface area contributed by atoms with Crippen molar-refractivity contribution in [3.05, 3.63) is 65.7 Å². The van der Waals surface area contributed by atoms with E-state index in [4.69, 9.17) is 4.74 Å². The van der Waals surface area contributed by atoms with E-state index in [-0.39, 0.29) is 12.5 Å². The first-order valence-electron chi connectivity index (χ1n) is 10.9. The highest BCUT2D eigenvalue weighted by Crippen LogP contribution is 2.22. The molecule has 2 aromatic carbocycles. The average Bonchev–Trinajstić information content (AvgIpc) is 2.81. The average molecular weight is 432 g/mol. The van der Waals surface area contributed by atoms with Crippen molar-refractivity contribution in [1.29, 1.82) is 0 Å². The van der Waals surface area contributed by atoms with Crippen LogP contribution in [0.4, 0.5) is 11.5 Å². The first-order chi connectivity index (χ1) is 15.5. The molecule has 0 bridgehead atoms. The summed E-state index contributed by atoms with van der Waals surface area (Å²) < 4.78 is 5.63. The standard InChI is InChI=1S/C25H29N5O2/c1-18-7-8-22(15-19(18)2)32-17-25(31)26-21-6-4-5-20(16-21)23-9-10-24(28-27-23)30-13-11-29(3)12-14-30/h4-10,15-16H,11-14,17H2,1-3H3,(H,26,31). The fourth-order valence-electron chi connectivity index (χ4n) is 3.59. The molecule has 1 saturated heterocycles. The number of carbonyl (C=O) groups is 1. The number of amides is 1.